The fourth-order valence-electron chi connectivity index (χ4n) is 5.65. The minimum Gasteiger partial charge on any atom is -0.255 e. The first-order valence-electron chi connectivity index (χ1n) is 15.3. The van der Waals surface area contributed by atoms with Crippen molar-refractivity contribution in [2.24, 2.45) is 0 Å². The molecule has 3 aromatic carbocycles. The van der Waals surface area contributed by atoms with E-state index in [2.05, 4.69) is 77.6 Å². The molecule has 7 nitrogen and oxygen atoms in total. The molecule has 0 radical (unpaired) electrons. The Bertz CT molecular complexity index is 2270. The predicted octanol–water partition coefficient (Wildman–Crippen LogP) is 8.92. The Kier molecular flexibility index (Phi) is 7.24. The third kappa shape index (κ3) is 5.74. The van der Waals surface area contributed by atoms with Gasteiger partial charge < -0.3 is 0 Å². The molecule has 8 rings (SSSR count). The van der Waals surface area contributed by atoms with Crippen LogP contribution in [0.15, 0.2) is 146 Å². The van der Waals surface area contributed by atoms with E-state index in [4.69, 9.17) is 24.9 Å². The Hall–Kier alpha value is -6.47. The molecule has 0 aliphatic rings. The minimum atomic E-state index is 0.448. The molecule has 0 unspecified atom stereocenters. The molecule has 47 heavy (non-hydrogen) atoms. The van der Waals surface area contributed by atoms with Gasteiger partial charge in [0, 0.05) is 18.0 Å². The van der Waals surface area contributed by atoms with Crippen LogP contribution in [0.3, 0.4) is 0 Å². The van der Waals surface area contributed by atoms with Crippen LogP contribution in [0.2, 0.25) is 0 Å². The number of benzene rings is 3. The van der Waals surface area contributed by atoms with Crippen LogP contribution in [0.5, 0.6) is 0 Å². The van der Waals surface area contributed by atoms with Crippen molar-refractivity contribution >= 4 is 10.8 Å². The highest BCUT2D eigenvalue weighted by atomic mass is 15.1. The third-order valence-electron chi connectivity index (χ3n) is 7.99. The second-order valence-corrected chi connectivity index (χ2v) is 11.1. The fraction of sp³-hybridized carbons (Fsp3) is 0.0250. The molecule has 222 valence electrons. The molecule has 0 fully saturated rings. The van der Waals surface area contributed by atoms with Crippen molar-refractivity contribution in [1.29, 1.82) is 0 Å². The van der Waals surface area contributed by atoms with E-state index in [1.54, 1.807) is 12.4 Å². The van der Waals surface area contributed by atoms with Gasteiger partial charge in [-0.25, -0.2) is 24.9 Å². The maximum absolute atomic E-state index is 4.95. The fourth-order valence-corrected chi connectivity index (χ4v) is 5.65. The van der Waals surface area contributed by atoms with Crippen molar-refractivity contribution in [2.45, 2.75) is 6.92 Å². The molecule has 5 heterocycles. The summed E-state index contributed by atoms with van der Waals surface area (Å²) >= 11 is 0. The second kappa shape index (κ2) is 12.1. The van der Waals surface area contributed by atoms with Crippen LogP contribution >= 0.6 is 0 Å². The Morgan fingerprint density at radius 3 is 1.49 bits per heavy atom. The molecule has 0 saturated carbocycles. The van der Waals surface area contributed by atoms with E-state index in [1.807, 2.05) is 72.8 Å². The molecule has 0 aliphatic carbocycles. The van der Waals surface area contributed by atoms with Gasteiger partial charge in [-0.1, -0.05) is 72.8 Å². The van der Waals surface area contributed by atoms with Crippen molar-refractivity contribution in [1.82, 2.24) is 34.9 Å². The van der Waals surface area contributed by atoms with E-state index in [1.165, 1.54) is 10.8 Å². The summed E-state index contributed by atoms with van der Waals surface area (Å²) in [7, 11) is 0. The highest BCUT2D eigenvalue weighted by molar-refractivity contribution is 5.88. The summed E-state index contributed by atoms with van der Waals surface area (Å²) in [5.41, 5.74) is 8.55. The van der Waals surface area contributed by atoms with Gasteiger partial charge >= 0.3 is 0 Å². The van der Waals surface area contributed by atoms with E-state index < -0.39 is 0 Å². The molecule has 7 heteroatoms. The maximum Gasteiger partial charge on any atom is 0.182 e. The number of fused-ring (bicyclic) bond motifs is 1. The van der Waals surface area contributed by atoms with Crippen molar-refractivity contribution < 1.29 is 0 Å². The maximum atomic E-state index is 4.95. The number of aryl methyl sites for hydroxylation is 1. The van der Waals surface area contributed by atoms with Gasteiger partial charge in [-0.15, -0.1) is 0 Å². The summed E-state index contributed by atoms with van der Waals surface area (Å²) in [5, 5.41) is 2.43. The third-order valence-corrected chi connectivity index (χ3v) is 7.99. The normalized spacial score (nSPS) is 11.1. The monoisotopic (exact) mass is 605 g/mol. The molecule has 0 bridgehead atoms. The average Bonchev–Trinajstić information content (AvgIpc) is 3.15. The van der Waals surface area contributed by atoms with Crippen LogP contribution in [0.4, 0.5) is 0 Å². The van der Waals surface area contributed by atoms with Crippen molar-refractivity contribution in [3.63, 3.8) is 0 Å². The standard InChI is InChI=1S/C40H27N7/c1-26-24-30(20-21-31(26)29-19-18-27-10-2-3-11-28(27)25-29)38-45-39(36-16-8-14-34(43-36)32-12-4-6-22-41-32)47-40(46-38)37-17-9-15-35(44-37)33-13-5-7-23-42-33/h2-25H,1H3. The average molecular weight is 606 g/mol. The molecular formula is C40H27N7. The van der Waals surface area contributed by atoms with Crippen LogP contribution in [0.1, 0.15) is 5.56 Å². The zero-order valence-electron chi connectivity index (χ0n) is 25.5. The Morgan fingerprint density at radius 2 is 0.894 bits per heavy atom. The lowest BCUT2D eigenvalue weighted by molar-refractivity contribution is 1.04. The van der Waals surface area contributed by atoms with Gasteiger partial charge in [-0.2, -0.15) is 0 Å². The first-order valence-corrected chi connectivity index (χ1v) is 15.3. The molecule has 5 aromatic heterocycles. The van der Waals surface area contributed by atoms with Gasteiger partial charge in [0.05, 0.1) is 22.8 Å². The molecule has 0 spiro atoms. The van der Waals surface area contributed by atoms with Gasteiger partial charge in [0.2, 0.25) is 0 Å². The number of hydrogen-bond donors (Lipinski definition) is 0. The number of nitrogens with zero attached hydrogens (tertiary/aromatic N) is 7. The second-order valence-electron chi connectivity index (χ2n) is 11.1. The van der Waals surface area contributed by atoms with Crippen molar-refractivity contribution in [3.8, 4) is 68.3 Å². The van der Waals surface area contributed by atoms with Crippen LogP contribution in [-0.2, 0) is 0 Å². The van der Waals surface area contributed by atoms with Gasteiger partial charge in [0.25, 0.3) is 0 Å². The van der Waals surface area contributed by atoms with Crippen molar-refractivity contribution in [3.05, 3.63) is 151 Å². The number of pyridine rings is 4. The zero-order valence-corrected chi connectivity index (χ0v) is 25.5. The number of rotatable bonds is 6. The topological polar surface area (TPSA) is 90.2 Å². The Labute approximate surface area is 271 Å². The highest BCUT2D eigenvalue weighted by Gasteiger charge is 2.16. The molecule has 8 aromatic rings. The summed E-state index contributed by atoms with van der Waals surface area (Å²) in [6, 6.07) is 44.4. The van der Waals surface area contributed by atoms with E-state index >= 15 is 0 Å². The summed E-state index contributed by atoms with van der Waals surface area (Å²) in [6.45, 7) is 2.12. The van der Waals surface area contributed by atoms with Crippen molar-refractivity contribution in [2.75, 3.05) is 0 Å². The quantitative estimate of drug-likeness (QED) is 0.187. The lowest BCUT2D eigenvalue weighted by Crippen LogP contribution is -2.03. The summed E-state index contributed by atoms with van der Waals surface area (Å²) < 4.78 is 0. The highest BCUT2D eigenvalue weighted by Crippen LogP contribution is 2.31. The summed E-state index contributed by atoms with van der Waals surface area (Å²) in [5.74, 6) is 1.43. The van der Waals surface area contributed by atoms with Gasteiger partial charge in [-0.05, 0) is 95.1 Å². The first-order chi connectivity index (χ1) is 23.2. The lowest BCUT2D eigenvalue weighted by Gasteiger charge is -2.12. The summed E-state index contributed by atoms with van der Waals surface area (Å²) in [6.07, 6.45) is 3.51. The molecule has 0 N–H and O–H groups in total. The summed E-state index contributed by atoms with van der Waals surface area (Å²) in [4.78, 5) is 33.6. The van der Waals surface area contributed by atoms with Crippen LogP contribution in [-0.4, -0.2) is 34.9 Å². The molecule has 0 saturated heterocycles. The number of aromatic nitrogens is 7. The van der Waals surface area contributed by atoms with Gasteiger partial charge in [0.1, 0.15) is 11.4 Å². The van der Waals surface area contributed by atoms with Gasteiger partial charge in [-0.3, -0.25) is 9.97 Å². The van der Waals surface area contributed by atoms with E-state index in [-0.39, 0.29) is 0 Å². The smallest absolute Gasteiger partial charge is 0.182 e. The predicted molar refractivity (Wildman–Crippen MR) is 186 cm³/mol. The first kappa shape index (κ1) is 28.0. The lowest BCUT2D eigenvalue weighted by atomic mass is 9.96. The molecule has 0 aliphatic heterocycles. The van der Waals surface area contributed by atoms with Crippen LogP contribution in [0, 0.1) is 6.92 Å². The van der Waals surface area contributed by atoms with Gasteiger partial charge in [0.15, 0.2) is 17.5 Å². The molecular weight excluding hydrogens is 578 g/mol. The van der Waals surface area contributed by atoms with Crippen LogP contribution in [0.25, 0.3) is 79.1 Å². The SMILES string of the molecule is Cc1cc(-c2nc(-c3cccc(-c4ccccn4)n3)nc(-c3cccc(-c4ccccn4)n3)n2)ccc1-c1ccc2ccccc2c1. The van der Waals surface area contributed by atoms with E-state index in [9.17, 15) is 0 Å². The van der Waals surface area contributed by atoms with E-state index in [0.717, 1.165) is 45.0 Å². The van der Waals surface area contributed by atoms with E-state index in [0.29, 0.717) is 28.9 Å². The van der Waals surface area contributed by atoms with Crippen LogP contribution < -0.4 is 0 Å². The Balaban J connectivity index is 1.25. The minimum absolute atomic E-state index is 0.448. The molecule has 0 atom stereocenters. The Morgan fingerprint density at radius 1 is 0.362 bits per heavy atom. The largest absolute Gasteiger partial charge is 0.255 e. The molecule has 0 amide bonds. The zero-order chi connectivity index (χ0) is 31.6. The number of hydrogen-bond acceptors (Lipinski definition) is 7.